The van der Waals surface area contributed by atoms with Gasteiger partial charge in [0.2, 0.25) is 5.91 Å². The number of carboxylic acid groups (broad SMARTS) is 1. The summed E-state index contributed by atoms with van der Waals surface area (Å²) in [7, 11) is 0. The quantitative estimate of drug-likeness (QED) is 0.895. The van der Waals surface area contributed by atoms with Gasteiger partial charge in [-0.1, -0.05) is 23.7 Å². The van der Waals surface area contributed by atoms with Crippen LogP contribution < -0.4 is 0 Å². The SMILES string of the molecule is O=C(O)CC[C@@H]1CCCN(C(=O)[C@H]2C[C@@H]2c2cccc(Cl)c2)C1. The van der Waals surface area contributed by atoms with E-state index in [1.807, 2.05) is 29.2 Å². The summed E-state index contributed by atoms with van der Waals surface area (Å²) in [5.74, 6) is 0.172. The van der Waals surface area contributed by atoms with E-state index in [4.69, 9.17) is 16.7 Å². The van der Waals surface area contributed by atoms with Crippen molar-refractivity contribution in [3.05, 3.63) is 34.9 Å². The van der Waals surface area contributed by atoms with Crippen molar-refractivity contribution in [2.45, 2.75) is 38.0 Å². The molecular formula is C18H22ClNO3. The largest absolute Gasteiger partial charge is 0.481 e. The van der Waals surface area contributed by atoms with Gasteiger partial charge in [0, 0.05) is 30.5 Å². The second-order valence-electron chi connectivity index (χ2n) is 6.73. The summed E-state index contributed by atoms with van der Waals surface area (Å²) in [5, 5.41) is 9.52. The summed E-state index contributed by atoms with van der Waals surface area (Å²) < 4.78 is 0. The van der Waals surface area contributed by atoms with E-state index in [9.17, 15) is 9.59 Å². The molecule has 0 spiro atoms. The Morgan fingerprint density at radius 3 is 2.91 bits per heavy atom. The fourth-order valence-electron chi connectivity index (χ4n) is 3.64. The molecule has 1 amide bonds. The molecule has 4 nitrogen and oxygen atoms in total. The van der Waals surface area contributed by atoms with Crippen LogP contribution in [-0.2, 0) is 9.59 Å². The summed E-state index contributed by atoms with van der Waals surface area (Å²) in [4.78, 5) is 25.4. The molecule has 2 aliphatic rings. The minimum atomic E-state index is -0.753. The molecule has 1 aliphatic carbocycles. The third kappa shape index (κ3) is 4.05. The number of likely N-dealkylation sites (tertiary alicyclic amines) is 1. The number of carboxylic acids is 1. The maximum Gasteiger partial charge on any atom is 0.303 e. The van der Waals surface area contributed by atoms with Crippen LogP contribution in [0.4, 0.5) is 0 Å². The Morgan fingerprint density at radius 2 is 2.17 bits per heavy atom. The minimum Gasteiger partial charge on any atom is -0.481 e. The number of amides is 1. The first-order valence-corrected chi connectivity index (χ1v) is 8.68. The molecule has 5 heteroatoms. The molecule has 0 bridgehead atoms. The minimum absolute atomic E-state index is 0.0756. The van der Waals surface area contributed by atoms with Crippen LogP contribution in [0.25, 0.3) is 0 Å². The maximum atomic E-state index is 12.7. The van der Waals surface area contributed by atoms with Crippen molar-refractivity contribution in [2.75, 3.05) is 13.1 Å². The van der Waals surface area contributed by atoms with Gasteiger partial charge in [-0.25, -0.2) is 0 Å². The number of piperidine rings is 1. The molecule has 1 saturated carbocycles. The van der Waals surface area contributed by atoms with Gasteiger partial charge in [0.15, 0.2) is 0 Å². The van der Waals surface area contributed by atoms with Crippen molar-refractivity contribution in [1.29, 1.82) is 0 Å². The molecule has 0 radical (unpaired) electrons. The lowest BCUT2D eigenvalue weighted by atomic mass is 9.93. The maximum absolute atomic E-state index is 12.7. The second-order valence-corrected chi connectivity index (χ2v) is 7.17. The Labute approximate surface area is 141 Å². The number of rotatable bonds is 5. The molecule has 1 saturated heterocycles. The Balaban J connectivity index is 1.55. The van der Waals surface area contributed by atoms with E-state index in [0.717, 1.165) is 31.4 Å². The van der Waals surface area contributed by atoms with E-state index in [1.54, 1.807) is 0 Å². The fraction of sp³-hybridized carbons (Fsp3) is 0.556. The highest BCUT2D eigenvalue weighted by Gasteiger charge is 2.46. The third-order valence-corrected chi connectivity index (χ3v) is 5.22. The van der Waals surface area contributed by atoms with Crippen molar-refractivity contribution in [3.63, 3.8) is 0 Å². The smallest absolute Gasteiger partial charge is 0.303 e. The molecular weight excluding hydrogens is 314 g/mol. The van der Waals surface area contributed by atoms with Crippen LogP contribution in [0.5, 0.6) is 0 Å². The predicted octanol–water partition coefficient (Wildman–Crippen LogP) is 3.55. The van der Waals surface area contributed by atoms with Crippen molar-refractivity contribution in [3.8, 4) is 0 Å². The number of halogens is 1. The molecule has 3 atom stereocenters. The van der Waals surface area contributed by atoms with Gasteiger partial charge in [-0.15, -0.1) is 0 Å². The summed E-state index contributed by atoms with van der Waals surface area (Å²) in [6.45, 7) is 1.52. The lowest BCUT2D eigenvalue weighted by Crippen LogP contribution is -2.41. The average molecular weight is 336 g/mol. The van der Waals surface area contributed by atoms with Gasteiger partial charge in [-0.05, 0) is 55.2 Å². The monoisotopic (exact) mass is 335 g/mol. The highest BCUT2D eigenvalue weighted by molar-refractivity contribution is 6.30. The van der Waals surface area contributed by atoms with Gasteiger partial charge < -0.3 is 10.0 Å². The fourth-order valence-corrected chi connectivity index (χ4v) is 3.84. The third-order valence-electron chi connectivity index (χ3n) is 4.98. The number of carbonyl (C=O) groups is 2. The number of hydrogen-bond donors (Lipinski definition) is 1. The van der Waals surface area contributed by atoms with Crippen molar-refractivity contribution in [1.82, 2.24) is 4.90 Å². The van der Waals surface area contributed by atoms with E-state index < -0.39 is 5.97 Å². The topological polar surface area (TPSA) is 57.6 Å². The van der Waals surface area contributed by atoms with Crippen LogP contribution in [-0.4, -0.2) is 35.0 Å². The first kappa shape index (κ1) is 16.3. The van der Waals surface area contributed by atoms with Gasteiger partial charge in [-0.2, -0.15) is 0 Å². The molecule has 2 fully saturated rings. The molecule has 0 unspecified atom stereocenters. The Kier molecular flexibility index (Phi) is 4.90. The molecule has 1 heterocycles. The summed E-state index contributed by atoms with van der Waals surface area (Å²) in [6, 6.07) is 7.77. The Hall–Kier alpha value is -1.55. The normalized spacial score (nSPS) is 26.8. The molecule has 3 rings (SSSR count). The molecule has 124 valence electrons. The molecule has 1 aliphatic heterocycles. The van der Waals surface area contributed by atoms with E-state index in [-0.39, 0.29) is 18.2 Å². The van der Waals surface area contributed by atoms with Crippen LogP contribution in [0.15, 0.2) is 24.3 Å². The van der Waals surface area contributed by atoms with Gasteiger partial charge >= 0.3 is 5.97 Å². The van der Waals surface area contributed by atoms with Crippen LogP contribution >= 0.6 is 11.6 Å². The van der Waals surface area contributed by atoms with E-state index in [1.165, 1.54) is 0 Å². The second kappa shape index (κ2) is 6.91. The highest BCUT2D eigenvalue weighted by atomic mass is 35.5. The van der Waals surface area contributed by atoms with Gasteiger partial charge in [0.05, 0.1) is 0 Å². The van der Waals surface area contributed by atoms with E-state index >= 15 is 0 Å². The van der Waals surface area contributed by atoms with Crippen molar-refractivity contribution < 1.29 is 14.7 Å². The van der Waals surface area contributed by atoms with Crippen molar-refractivity contribution in [2.24, 2.45) is 11.8 Å². The molecule has 23 heavy (non-hydrogen) atoms. The van der Waals surface area contributed by atoms with Crippen LogP contribution in [0.1, 0.15) is 43.6 Å². The summed E-state index contributed by atoms with van der Waals surface area (Å²) in [5.41, 5.74) is 1.15. The van der Waals surface area contributed by atoms with Gasteiger partial charge in [-0.3, -0.25) is 9.59 Å². The number of nitrogens with zero attached hydrogens (tertiary/aromatic N) is 1. The predicted molar refractivity (Wildman–Crippen MR) is 88.5 cm³/mol. The lowest BCUT2D eigenvalue weighted by molar-refractivity contribution is -0.137. The molecule has 1 aromatic carbocycles. The number of benzene rings is 1. The zero-order chi connectivity index (χ0) is 16.4. The molecule has 1 N–H and O–H groups in total. The summed E-state index contributed by atoms with van der Waals surface area (Å²) in [6.07, 6.45) is 3.77. The van der Waals surface area contributed by atoms with Gasteiger partial charge in [0.25, 0.3) is 0 Å². The Morgan fingerprint density at radius 1 is 1.35 bits per heavy atom. The van der Waals surface area contributed by atoms with Crippen LogP contribution in [0.3, 0.4) is 0 Å². The van der Waals surface area contributed by atoms with E-state index in [0.29, 0.717) is 29.8 Å². The first-order valence-electron chi connectivity index (χ1n) is 8.30. The van der Waals surface area contributed by atoms with E-state index in [2.05, 4.69) is 0 Å². The molecule has 0 aromatic heterocycles. The standard InChI is InChI=1S/C18H22ClNO3/c19-14-5-1-4-13(9-14)15-10-16(15)18(23)20-8-2-3-12(11-20)6-7-17(21)22/h1,4-5,9,12,15-16H,2-3,6-8,10-11H2,(H,21,22)/t12-,15+,16-/m0/s1. The zero-order valence-corrected chi connectivity index (χ0v) is 13.8. The zero-order valence-electron chi connectivity index (χ0n) is 13.1. The van der Waals surface area contributed by atoms with Crippen LogP contribution in [0, 0.1) is 11.8 Å². The lowest BCUT2D eigenvalue weighted by Gasteiger charge is -2.33. The van der Waals surface area contributed by atoms with Gasteiger partial charge in [0.1, 0.15) is 0 Å². The first-order chi connectivity index (χ1) is 11.0. The molecule has 1 aromatic rings. The number of aliphatic carboxylic acids is 1. The highest BCUT2D eigenvalue weighted by Crippen LogP contribution is 2.49. The number of carbonyl (C=O) groups excluding carboxylic acids is 1. The average Bonchev–Trinajstić information content (AvgIpc) is 3.33. The van der Waals surface area contributed by atoms with Crippen LogP contribution in [0.2, 0.25) is 5.02 Å². The number of hydrogen-bond acceptors (Lipinski definition) is 2. The summed E-state index contributed by atoms with van der Waals surface area (Å²) >= 11 is 6.03. The Bertz CT molecular complexity index is 604. The van der Waals surface area contributed by atoms with Crippen molar-refractivity contribution >= 4 is 23.5 Å².